The van der Waals surface area contributed by atoms with Gasteiger partial charge in [0.25, 0.3) is 0 Å². The number of hydrogen-bond acceptors (Lipinski definition) is 4. The minimum absolute atomic E-state index is 0.00884. The summed E-state index contributed by atoms with van der Waals surface area (Å²) in [5.74, 6) is -0.999. The molecule has 1 fully saturated rings. The van der Waals surface area contributed by atoms with Gasteiger partial charge in [0.2, 0.25) is 5.91 Å². The first-order valence-electron chi connectivity index (χ1n) is 9.07. The fraction of sp³-hybridized carbons (Fsp3) is 0.286. The zero-order valence-electron chi connectivity index (χ0n) is 16.2. The third kappa shape index (κ3) is 3.98. The molecule has 0 bridgehead atoms. The third-order valence-electron chi connectivity index (χ3n) is 4.73. The highest BCUT2D eigenvalue weighted by molar-refractivity contribution is 6.43. The number of amides is 3. The summed E-state index contributed by atoms with van der Waals surface area (Å²) >= 11 is 0. The van der Waals surface area contributed by atoms with Crippen molar-refractivity contribution in [3.63, 3.8) is 0 Å². The normalized spacial score (nSPS) is 13.4. The fourth-order valence-corrected chi connectivity index (χ4v) is 3.25. The summed E-state index contributed by atoms with van der Waals surface area (Å²) in [7, 11) is 1.52. The summed E-state index contributed by atoms with van der Waals surface area (Å²) in [4.78, 5) is 38.4. The van der Waals surface area contributed by atoms with Gasteiger partial charge in [-0.3, -0.25) is 14.4 Å². The Balaban J connectivity index is 1.76. The monoisotopic (exact) mass is 381 g/mol. The quantitative estimate of drug-likeness (QED) is 0.797. The first-order valence-corrected chi connectivity index (χ1v) is 9.07. The second-order valence-corrected chi connectivity index (χ2v) is 6.71. The van der Waals surface area contributed by atoms with Gasteiger partial charge in [-0.2, -0.15) is 0 Å². The molecular weight excluding hydrogens is 358 g/mol. The van der Waals surface area contributed by atoms with E-state index < -0.39 is 11.8 Å². The lowest BCUT2D eigenvalue weighted by Crippen LogP contribution is -2.30. The number of carbonyl (C=O) groups is 3. The van der Waals surface area contributed by atoms with E-state index in [-0.39, 0.29) is 5.91 Å². The maximum absolute atomic E-state index is 12.4. The van der Waals surface area contributed by atoms with Gasteiger partial charge in [0.1, 0.15) is 5.75 Å². The molecule has 0 atom stereocenters. The summed E-state index contributed by atoms with van der Waals surface area (Å²) < 4.78 is 5.33. The lowest BCUT2D eigenvalue weighted by Gasteiger charge is -2.20. The Bertz CT molecular complexity index is 919. The van der Waals surface area contributed by atoms with Gasteiger partial charge < -0.3 is 20.3 Å². The van der Waals surface area contributed by atoms with Crippen LogP contribution in [0.2, 0.25) is 0 Å². The Morgan fingerprint density at radius 2 is 1.71 bits per heavy atom. The number of methoxy groups -OCH3 is 1. The van der Waals surface area contributed by atoms with E-state index in [1.165, 1.54) is 7.11 Å². The number of aryl methyl sites for hydroxylation is 2. The van der Waals surface area contributed by atoms with Crippen molar-refractivity contribution in [3.8, 4) is 5.75 Å². The minimum atomic E-state index is -0.786. The highest BCUT2D eigenvalue weighted by atomic mass is 16.5. The van der Waals surface area contributed by atoms with E-state index in [1.807, 2.05) is 32.0 Å². The number of benzene rings is 2. The van der Waals surface area contributed by atoms with Crippen LogP contribution >= 0.6 is 0 Å². The lowest BCUT2D eigenvalue weighted by molar-refractivity contribution is -0.133. The van der Waals surface area contributed by atoms with Gasteiger partial charge in [0.05, 0.1) is 12.8 Å². The average molecular weight is 381 g/mol. The summed E-state index contributed by atoms with van der Waals surface area (Å²) in [5, 5.41) is 5.24. The predicted molar refractivity (Wildman–Crippen MR) is 108 cm³/mol. The number of carbonyl (C=O) groups excluding carboxylic acids is 3. The zero-order valence-corrected chi connectivity index (χ0v) is 16.2. The Morgan fingerprint density at radius 1 is 1.04 bits per heavy atom. The van der Waals surface area contributed by atoms with Gasteiger partial charge in [-0.25, -0.2) is 0 Å². The first-order chi connectivity index (χ1) is 13.4. The minimum Gasteiger partial charge on any atom is -0.495 e. The van der Waals surface area contributed by atoms with E-state index in [9.17, 15) is 14.4 Å². The van der Waals surface area contributed by atoms with Crippen LogP contribution in [0.25, 0.3) is 0 Å². The predicted octanol–water partition coefficient (Wildman–Crippen LogP) is 3.02. The van der Waals surface area contributed by atoms with Gasteiger partial charge in [0, 0.05) is 24.3 Å². The molecule has 0 radical (unpaired) electrons. The van der Waals surface area contributed by atoms with Gasteiger partial charge >= 0.3 is 11.8 Å². The van der Waals surface area contributed by atoms with Crippen LogP contribution in [0, 0.1) is 13.8 Å². The van der Waals surface area contributed by atoms with Crippen molar-refractivity contribution in [2.75, 3.05) is 29.2 Å². The van der Waals surface area contributed by atoms with Crippen molar-refractivity contribution < 1.29 is 19.1 Å². The van der Waals surface area contributed by atoms with Crippen LogP contribution < -0.4 is 20.3 Å². The number of para-hydroxylation sites is 1. The largest absolute Gasteiger partial charge is 0.495 e. The van der Waals surface area contributed by atoms with Crippen molar-refractivity contribution >= 4 is 34.8 Å². The Hall–Kier alpha value is -3.35. The lowest BCUT2D eigenvalue weighted by atomic mass is 10.1. The number of nitrogens with one attached hydrogen (secondary N) is 2. The Kier molecular flexibility index (Phi) is 5.63. The molecule has 0 aromatic heterocycles. The number of ether oxygens (including phenoxy) is 1. The molecule has 0 spiro atoms. The number of hydrogen-bond donors (Lipinski definition) is 2. The molecule has 1 aliphatic heterocycles. The maximum atomic E-state index is 12.4. The molecule has 7 heteroatoms. The highest BCUT2D eigenvalue weighted by Gasteiger charge is 2.25. The van der Waals surface area contributed by atoms with Gasteiger partial charge in [0.15, 0.2) is 0 Å². The molecule has 0 unspecified atom stereocenters. The molecule has 2 N–H and O–H groups in total. The molecule has 3 rings (SSSR count). The SMILES string of the molecule is COc1ccc(NC(=O)C(=O)Nc2c(C)cccc2C)cc1N1CCCC1=O. The topological polar surface area (TPSA) is 87.7 Å². The molecule has 146 valence electrons. The molecule has 7 nitrogen and oxygen atoms in total. The molecular formula is C21H23N3O4. The highest BCUT2D eigenvalue weighted by Crippen LogP contribution is 2.34. The third-order valence-corrected chi connectivity index (χ3v) is 4.73. The summed E-state index contributed by atoms with van der Waals surface area (Å²) in [6.07, 6.45) is 1.26. The molecule has 3 amide bonds. The van der Waals surface area contributed by atoms with E-state index in [4.69, 9.17) is 4.74 Å². The van der Waals surface area contributed by atoms with E-state index in [1.54, 1.807) is 23.1 Å². The molecule has 2 aromatic carbocycles. The average Bonchev–Trinajstić information content (AvgIpc) is 3.10. The number of anilines is 3. The molecule has 1 aliphatic rings. The van der Waals surface area contributed by atoms with Crippen LogP contribution in [0.4, 0.5) is 17.1 Å². The van der Waals surface area contributed by atoms with Gasteiger partial charge in [-0.1, -0.05) is 18.2 Å². The smallest absolute Gasteiger partial charge is 0.314 e. The molecule has 1 heterocycles. The van der Waals surface area contributed by atoms with E-state index in [0.29, 0.717) is 35.8 Å². The van der Waals surface area contributed by atoms with Gasteiger partial charge in [-0.15, -0.1) is 0 Å². The van der Waals surface area contributed by atoms with Crippen LogP contribution in [0.3, 0.4) is 0 Å². The second-order valence-electron chi connectivity index (χ2n) is 6.71. The van der Waals surface area contributed by atoms with Crippen molar-refractivity contribution in [2.24, 2.45) is 0 Å². The Labute approximate surface area is 163 Å². The van der Waals surface area contributed by atoms with Crippen molar-refractivity contribution in [1.82, 2.24) is 0 Å². The van der Waals surface area contributed by atoms with Crippen molar-refractivity contribution in [2.45, 2.75) is 26.7 Å². The summed E-state index contributed by atoms with van der Waals surface area (Å²) in [5.41, 5.74) is 3.37. The van der Waals surface area contributed by atoms with E-state index >= 15 is 0 Å². The summed E-state index contributed by atoms with van der Waals surface area (Å²) in [6.45, 7) is 4.33. The molecule has 1 saturated heterocycles. The Morgan fingerprint density at radius 3 is 2.32 bits per heavy atom. The van der Waals surface area contributed by atoms with Gasteiger partial charge in [-0.05, 0) is 49.6 Å². The first kappa shape index (κ1) is 19.4. The molecule has 0 saturated carbocycles. The summed E-state index contributed by atoms with van der Waals surface area (Å²) in [6, 6.07) is 10.6. The fourth-order valence-electron chi connectivity index (χ4n) is 3.25. The number of nitrogens with zero attached hydrogens (tertiary/aromatic N) is 1. The van der Waals surface area contributed by atoms with Crippen LogP contribution in [0.5, 0.6) is 5.75 Å². The van der Waals surface area contributed by atoms with Crippen LogP contribution in [0.15, 0.2) is 36.4 Å². The van der Waals surface area contributed by atoms with Crippen molar-refractivity contribution in [3.05, 3.63) is 47.5 Å². The molecule has 2 aromatic rings. The van der Waals surface area contributed by atoms with Crippen LogP contribution in [-0.4, -0.2) is 31.4 Å². The standard InChI is InChI=1S/C21H23N3O4/c1-13-6-4-7-14(2)19(13)23-21(27)20(26)22-15-9-10-17(28-3)16(12-15)24-11-5-8-18(24)25/h4,6-7,9-10,12H,5,8,11H2,1-3H3,(H,22,26)(H,23,27). The van der Waals surface area contributed by atoms with Crippen LogP contribution in [-0.2, 0) is 14.4 Å². The van der Waals surface area contributed by atoms with Crippen LogP contribution in [0.1, 0.15) is 24.0 Å². The zero-order chi connectivity index (χ0) is 20.3. The van der Waals surface area contributed by atoms with E-state index in [2.05, 4.69) is 10.6 Å². The van der Waals surface area contributed by atoms with E-state index in [0.717, 1.165) is 17.5 Å². The van der Waals surface area contributed by atoms with Crippen molar-refractivity contribution in [1.29, 1.82) is 0 Å². The molecule has 0 aliphatic carbocycles. The molecule has 28 heavy (non-hydrogen) atoms. The second kappa shape index (κ2) is 8.12. The maximum Gasteiger partial charge on any atom is 0.314 e. The number of rotatable bonds is 4.